The number of nitrogens with one attached hydrogen (secondary N) is 1. The molecule has 1 aliphatic carbocycles. The molecule has 1 aromatic carbocycles. The van der Waals surface area contributed by atoms with Gasteiger partial charge in [0.1, 0.15) is 0 Å². The normalized spacial score (nSPS) is 29.7. The van der Waals surface area contributed by atoms with Gasteiger partial charge in [-0.15, -0.1) is 0 Å². The second-order valence-electron chi connectivity index (χ2n) is 4.38. The third-order valence-electron chi connectivity index (χ3n) is 3.36. The van der Waals surface area contributed by atoms with E-state index < -0.39 is 0 Å². The highest BCUT2D eigenvalue weighted by molar-refractivity contribution is 8.13. The zero-order valence-corrected chi connectivity index (χ0v) is 10.3. The van der Waals surface area contributed by atoms with Crippen molar-refractivity contribution in [2.75, 3.05) is 12.3 Å². The van der Waals surface area contributed by atoms with Crippen molar-refractivity contribution in [3.63, 3.8) is 0 Å². The van der Waals surface area contributed by atoms with Crippen LogP contribution in [0.15, 0.2) is 29.3 Å². The molecule has 3 rings (SSSR count). The highest BCUT2D eigenvalue weighted by Crippen LogP contribution is 2.40. The van der Waals surface area contributed by atoms with Gasteiger partial charge >= 0.3 is 0 Å². The first-order valence-electron chi connectivity index (χ1n) is 5.90. The molecule has 1 aliphatic heterocycles. The maximum atomic E-state index is 4.49. The molecule has 2 nitrogen and oxygen atoms in total. The number of rotatable bonds is 1. The lowest BCUT2D eigenvalue weighted by atomic mass is 10.0. The molecule has 0 bridgehead atoms. The summed E-state index contributed by atoms with van der Waals surface area (Å²) >= 11 is 1.87. The zero-order valence-electron chi connectivity index (χ0n) is 9.44. The highest BCUT2D eigenvalue weighted by Gasteiger charge is 2.35. The molecule has 0 saturated carbocycles. The van der Waals surface area contributed by atoms with Crippen LogP contribution in [-0.2, 0) is 6.42 Å². The van der Waals surface area contributed by atoms with Crippen molar-refractivity contribution in [1.29, 1.82) is 0 Å². The van der Waals surface area contributed by atoms with E-state index in [0.29, 0.717) is 6.04 Å². The summed E-state index contributed by atoms with van der Waals surface area (Å²) in [5.74, 6) is 1.95. The number of fused-ring (bicyclic) bond motifs is 3. The van der Waals surface area contributed by atoms with Gasteiger partial charge in [-0.05, 0) is 30.4 Å². The molecule has 3 heteroatoms. The summed E-state index contributed by atoms with van der Waals surface area (Å²) < 4.78 is 0. The number of benzene rings is 1. The molecule has 1 aromatic rings. The lowest BCUT2D eigenvalue weighted by Crippen LogP contribution is -2.36. The molecule has 2 aliphatic rings. The molecule has 84 valence electrons. The minimum atomic E-state index is 0.503. The van der Waals surface area contributed by atoms with E-state index >= 15 is 0 Å². The maximum absolute atomic E-state index is 4.49. The van der Waals surface area contributed by atoms with Crippen LogP contribution >= 0.6 is 11.8 Å². The van der Waals surface area contributed by atoms with Crippen molar-refractivity contribution >= 4 is 16.9 Å². The van der Waals surface area contributed by atoms with E-state index in [4.69, 9.17) is 0 Å². The molecule has 0 aromatic heterocycles. The molecule has 1 heterocycles. The van der Waals surface area contributed by atoms with Crippen molar-refractivity contribution in [1.82, 2.24) is 5.32 Å². The Kier molecular flexibility index (Phi) is 2.64. The Morgan fingerprint density at radius 1 is 1.44 bits per heavy atom. The van der Waals surface area contributed by atoms with Crippen LogP contribution in [0.2, 0.25) is 0 Å². The predicted octanol–water partition coefficient (Wildman–Crippen LogP) is 2.61. The summed E-state index contributed by atoms with van der Waals surface area (Å²) in [4.78, 5) is 4.49. The topological polar surface area (TPSA) is 24.4 Å². The summed E-state index contributed by atoms with van der Waals surface area (Å²) in [5, 5.41) is 4.71. The van der Waals surface area contributed by atoms with E-state index in [0.717, 1.165) is 17.6 Å². The smallest absolute Gasteiger partial charge is 0.157 e. The zero-order chi connectivity index (χ0) is 11.0. The number of thioether (sulfide) groups is 1. The van der Waals surface area contributed by atoms with Gasteiger partial charge in [0.2, 0.25) is 0 Å². The maximum Gasteiger partial charge on any atom is 0.157 e. The molecule has 1 saturated heterocycles. The molecule has 2 atom stereocenters. The van der Waals surface area contributed by atoms with E-state index in [2.05, 4.69) is 41.5 Å². The number of hydrogen-bond donors (Lipinski definition) is 1. The van der Waals surface area contributed by atoms with Crippen LogP contribution in [0.1, 0.15) is 24.1 Å². The van der Waals surface area contributed by atoms with Crippen LogP contribution in [-0.4, -0.2) is 17.5 Å². The summed E-state index contributed by atoms with van der Waals surface area (Å²) in [6.45, 7) is 2.96. The minimum absolute atomic E-state index is 0.503. The van der Waals surface area contributed by atoms with Gasteiger partial charge in [0, 0.05) is 12.3 Å². The van der Waals surface area contributed by atoms with E-state index in [1.54, 1.807) is 0 Å². The fourth-order valence-electron chi connectivity index (χ4n) is 2.62. The van der Waals surface area contributed by atoms with Crippen LogP contribution in [0.4, 0.5) is 0 Å². The van der Waals surface area contributed by atoms with Gasteiger partial charge in [0.25, 0.3) is 0 Å². The molecule has 0 spiro atoms. The van der Waals surface area contributed by atoms with Crippen molar-refractivity contribution in [2.45, 2.75) is 19.4 Å². The molecule has 1 N–H and O–H groups in total. The van der Waals surface area contributed by atoms with Crippen molar-refractivity contribution in [3.05, 3.63) is 35.4 Å². The van der Waals surface area contributed by atoms with E-state index in [1.807, 2.05) is 11.8 Å². The average molecular weight is 232 g/mol. The predicted molar refractivity (Wildman–Crippen MR) is 69.9 cm³/mol. The van der Waals surface area contributed by atoms with E-state index in [1.165, 1.54) is 23.3 Å². The monoisotopic (exact) mass is 232 g/mol. The van der Waals surface area contributed by atoms with Crippen molar-refractivity contribution < 1.29 is 0 Å². The van der Waals surface area contributed by atoms with Crippen LogP contribution < -0.4 is 5.32 Å². The first-order chi connectivity index (χ1) is 7.88. The van der Waals surface area contributed by atoms with Crippen molar-refractivity contribution in [2.24, 2.45) is 10.9 Å². The van der Waals surface area contributed by atoms with Gasteiger partial charge in [-0.25, -0.2) is 0 Å². The number of hydrogen-bond acceptors (Lipinski definition) is 2. The van der Waals surface area contributed by atoms with Crippen LogP contribution in [0, 0.1) is 5.92 Å². The molecule has 0 unspecified atom stereocenters. The third kappa shape index (κ3) is 1.63. The quantitative estimate of drug-likeness (QED) is 0.805. The van der Waals surface area contributed by atoms with E-state index in [-0.39, 0.29) is 0 Å². The summed E-state index contributed by atoms with van der Waals surface area (Å²) in [7, 11) is 0. The largest absolute Gasteiger partial charge is 0.358 e. The van der Waals surface area contributed by atoms with Crippen LogP contribution in [0.25, 0.3) is 0 Å². The Labute approximate surface area is 101 Å². The molecule has 1 fully saturated rings. The molecular weight excluding hydrogens is 216 g/mol. The fraction of sp³-hybridized carbons (Fsp3) is 0.462. The summed E-state index contributed by atoms with van der Waals surface area (Å²) in [5.41, 5.74) is 3.00. The Balaban J connectivity index is 1.89. The standard InChI is InChI=1S/C13H16N2S/c1-2-14-13-15-12-10(8-16-13)7-9-5-3-4-6-11(9)12/h3-6,10,12H,2,7-8H2,1H3,(H,14,15)/t10-,12+/m1/s1. The lowest BCUT2D eigenvalue weighted by Gasteiger charge is -2.28. The average Bonchev–Trinajstić information content (AvgIpc) is 2.68. The van der Waals surface area contributed by atoms with Gasteiger partial charge in [-0.1, -0.05) is 36.0 Å². The van der Waals surface area contributed by atoms with Crippen molar-refractivity contribution in [3.8, 4) is 0 Å². The van der Waals surface area contributed by atoms with Gasteiger partial charge in [0.05, 0.1) is 6.04 Å². The molecular formula is C13H16N2S. The fourth-order valence-corrected chi connectivity index (χ4v) is 3.74. The Bertz CT molecular complexity index is 428. The molecule has 16 heavy (non-hydrogen) atoms. The van der Waals surface area contributed by atoms with Gasteiger partial charge < -0.3 is 5.32 Å². The number of aliphatic imine (C=N–C) groups is 1. The number of nitrogens with zero attached hydrogens (tertiary/aromatic N) is 1. The molecule has 0 amide bonds. The van der Waals surface area contributed by atoms with Gasteiger partial charge in [-0.2, -0.15) is 0 Å². The Morgan fingerprint density at radius 3 is 3.19 bits per heavy atom. The second-order valence-corrected chi connectivity index (χ2v) is 5.38. The Hall–Kier alpha value is -0.960. The SMILES string of the molecule is CCN=C1N[C@@H]2c3ccccc3C[C@@H]2CS1. The lowest BCUT2D eigenvalue weighted by molar-refractivity contribution is 0.477. The first-order valence-corrected chi connectivity index (χ1v) is 6.88. The third-order valence-corrected chi connectivity index (χ3v) is 4.47. The van der Waals surface area contributed by atoms with Crippen LogP contribution in [0.3, 0.4) is 0 Å². The minimum Gasteiger partial charge on any atom is -0.358 e. The summed E-state index contributed by atoms with van der Waals surface area (Å²) in [6, 6.07) is 9.30. The molecule has 0 radical (unpaired) electrons. The highest BCUT2D eigenvalue weighted by atomic mass is 32.2. The Morgan fingerprint density at radius 2 is 2.31 bits per heavy atom. The second kappa shape index (κ2) is 4.13. The summed E-state index contributed by atoms with van der Waals surface area (Å²) in [6.07, 6.45) is 1.22. The number of amidine groups is 1. The first kappa shape index (κ1) is 10.2. The van der Waals surface area contributed by atoms with Crippen LogP contribution in [0.5, 0.6) is 0 Å². The van der Waals surface area contributed by atoms with Gasteiger partial charge in [-0.3, -0.25) is 4.99 Å². The van der Waals surface area contributed by atoms with E-state index in [9.17, 15) is 0 Å². The van der Waals surface area contributed by atoms with Gasteiger partial charge in [0.15, 0.2) is 5.17 Å².